The van der Waals surface area contributed by atoms with Crippen LogP contribution >= 0.6 is 12.6 Å². The summed E-state index contributed by atoms with van der Waals surface area (Å²) in [4.78, 5) is 74.5. The summed E-state index contributed by atoms with van der Waals surface area (Å²) in [7, 11) is 0. The molecule has 4 unspecified atom stereocenters. The predicted molar refractivity (Wildman–Crippen MR) is 124 cm³/mol. The molecule has 16 nitrogen and oxygen atoms in total. The summed E-state index contributed by atoms with van der Waals surface area (Å²) in [6.45, 7) is 0.196. The highest BCUT2D eigenvalue weighted by molar-refractivity contribution is 7.80. The SMILES string of the molecule is NC(N)=NCCCC(N)C(=O)NC(CCC(=O)O)C(=O)NC(CC(=O)O)C(=O)NC(CS)C(=O)O. The molecule has 4 atom stereocenters. The molecule has 0 rings (SSSR count). The second-order valence-corrected chi connectivity index (χ2v) is 7.66. The number of rotatable bonds is 17. The van der Waals surface area contributed by atoms with Crippen molar-refractivity contribution in [2.24, 2.45) is 22.2 Å². The van der Waals surface area contributed by atoms with Crippen LogP contribution in [-0.4, -0.2) is 93.4 Å². The van der Waals surface area contributed by atoms with Gasteiger partial charge in [-0.1, -0.05) is 0 Å². The highest BCUT2D eigenvalue weighted by atomic mass is 32.1. The first-order valence-corrected chi connectivity index (χ1v) is 10.9. The summed E-state index contributed by atoms with van der Waals surface area (Å²) in [6, 6.07) is -5.77. The zero-order valence-corrected chi connectivity index (χ0v) is 19.6. The molecule has 0 fully saturated rings. The molecule has 0 aromatic heterocycles. The average molecular weight is 522 g/mol. The Labute approximate surface area is 205 Å². The maximum absolute atomic E-state index is 12.7. The second kappa shape index (κ2) is 16.1. The summed E-state index contributed by atoms with van der Waals surface area (Å²) in [5.74, 6) is -7.65. The summed E-state index contributed by atoms with van der Waals surface area (Å²) in [5.41, 5.74) is 16.2. The minimum atomic E-state index is -1.72. The lowest BCUT2D eigenvalue weighted by molar-refractivity contribution is -0.143. The second-order valence-electron chi connectivity index (χ2n) is 7.29. The zero-order chi connectivity index (χ0) is 27.1. The lowest BCUT2D eigenvalue weighted by atomic mass is 10.1. The van der Waals surface area contributed by atoms with Gasteiger partial charge in [0.25, 0.3) is 0 Å². The maximum atomic E-state index is 12.7. The first kappa shape index (κ1) is 31.4. The molecule has 3 amide bonds. The van der Waals surface area contributed by atoms with Crippen molar-refractivity contribution in [2.75, 3.05) is 12.3 Å². The summed E-state index contributed by atoms with van der Waals surface area (Å²) in [6.07, 6.45) is -1.41. The molecule has 0 aliphatic heterocycles. The van der Waals surface area contributed by atoms with Crippen LogP contribution in [-0.2, 0) is 28.8 Å². The lowest BCUT2D eigenvalue weighted by Crippen LogP contribution is -2.57. The summed E-state index contributed by atoms with van der Waals surface area (Å²) in [5, 5.41) is 33.5. The Balaban J connectivity index is 5.41. The van der Waals surface area contributed by atoms with Crippen molar-refractivity contribution in [3.8, 4) is 0 Å². The molecule has 0 radical (unpaired) electrons. The van der Waals surface area contributed by atoms with E-state index in [9.17, 15) is 28.8 Å². The molecule has 0 heterocycles. The smallest absolute Gasteiger partial charge is 0.327 e. The first-order valence-electron chi connectivity index (χ1n) is 10.3. The molecule has 0 spiro atoms. The van der Waals surface area contributed by atoms with Crippen LogP contribution < -0.4 is 33.2 Å². The monoisotopic (exact) mass is 521 g/mol. The van der Waals surface area contributed by atoms with Crippen LogP contribution in [0.25, 0.3) is 0 Å². The number of carboxylic acid groups (broad SMARTS) is 3. The van der Waals surface area contributed by atoms with Crippen molar-refractivity contribution < 1.29 is 44.1 Å². The van der Waals surface area contributed by atoms with E-state index in [0.717, 1.165) is 0 Å². The molecule has 0 aliphatic carbocycles. The van der Waals surface area contributed by atoms with Crippen LogP contribution in [0.1, 0.15) is 32.1 Å². The Morgan fingerprint density at radius 1 is 0.800 bits per heavy atom. The number of amides is 3. The number of carbonyl (C=O) groups is 6. The quantitative estimate of drug-likeness (QED) is 0.0381. The van der Waals surface area contributed by atoms with Crippen LogP contribution in [0, 0.1) is 0 Å². The number of aliphatic imine (C=N–C) groups is 1. The third kappa shape index (κ3) is 13.6. The van der Waals surface area contributed by atoms with E-state index in [1.54, 1.807) is 0 Å². The minimum Gasteiger partial charge on any atom is -0.481 e. The van der Waals surface area contributed by atoms with Gasteiger partial charge in [-0.05, 0) is 19.3 Å². The Kier molecular flexibility index (Phi) is 14.4. The Morgan fingerprint density at radius 3 is 1.83 bits per heavy atom. The number of nitrogens with one attached hydrogen (secondary N) is 3. The number of carbonyl (C=O) groups excluding carboxylic acids is 3. The van der Waals surface area contributed by atoms with Crippen molar-refractivity contribution in [2.45, 2.75) is 56.3 Å². The highest BCUT2D eigenvalue weighted by Gasteiger charge is 2.31. The minimum absolute atomic E-state index is 0.125. The van der Waals surface area contributed by atoms with E-state index < -0.39 is 79.1 Å². The standard InChI is InChI=1S/C18H31N7O9S/c19-8(2-1-5-22-18(20)21)14(30)23-9(3-4-12(26)27)15(31)24-10(6-13(28)29)16(32)25-11(7-35)17(33)34/h8-11,35H,1-7,19H2,(H,23,30)(H,24,31)(H,25,32)(H,26,27)(H,28,29)(H,33,34)(H4,20,21,22). The molecule has 198 valence electrons. The van der Waals surface area contributed by atoms with Gasteiger partial charge in [0.1, 0.15) is 18.1 Å². The van der Waals surface area contributed by atoms with Crippen LogP contribution in [0.4, 0.5) is 0 Å². The van der Waals surface area contributed by atoms with Gasteiger partial charge in [0.15, 0.2) is 5.96 Å². The van der Waals surface area contributed by atoms with Gasteiger partial charge in [0.05, 0.1) is 12.5 Å². The maximum Gasteiger partial charge on any atom is 0.327 e. The molecule has 0 saturated heterocycles. The van der Waals surface area contributed by atoms with Gasteiger partial charge in [-0.15, -0.1) is 0 Å². The number of nitrogens with two attached hydrogens (primary N) is 3. The topological polar surface area (TPSA) is 290 Å². The van der Waals surface area contributed by atoms with Gasteiger partial charge in [0, 0.05) is 18.7 Å². The van der Waals surface area contributed by atoms with Gasteiger partial charge in [-0.3, -0.25) is 29.0 Å². The van der Waals surface area contributed by atoms with Gasteiger partial charge in [0.2, 0.25) is 17.7 Å². The molecule has 17 heteroatoms. The van der Waals surface area contributed by atoms with Crippen LogP contribution in [0.2, 0.25) is 0 Å². The fourth-order valence-corrected chi connectivity index (χ4v) is 2.83. The molecular formula is C18H31N7O9S. The number of thiol groups is 1. The van der Waals surface area contributed by atoms with Crippen LogP contribution in [0.15, 0.2) is 4.99 Å². The van der Waals surface area contributed by atoms with Crippen LogP contribution in [0.5, 0.6) is 0 Å². The molecule has 0 aromatic carbocycles. The summed E-state index contributed by atoms with van der Waals surface area (Å²) >= 11 is 3.78. The van der Waals surface area contributed by atoms with Gasteiger partial charge in [-0.2, -0.15) is 12.6 Å². The third-order valence-corrected chi connectivity index (χ3v) is 4.76. The van der Waals surface area contributed by atoms with E-state index in [1.165, 1.54) is 0 Å². The van der Waals surface area contributed by atoms with E-state index >= 15 is 0 Å². The van der Waals surface area contributed by atoms with Crippen LogP contribution in [0.3, 0.4) is 0 Å². The molecule has 0 aliphatic rings. The average Bonchev–Trinajstić information content (AvgIpc) is 2.75. The van der Waals surface area contributed by atoms with E-state index in [2.05, 4.69) is 28.3 Å². The number of nitrogens with zero attached hydrogens (tertiary/aromatic N) is 1. The number of guanidine groups is 1. The van der Waals surface area contributed by atoms with E-state index in [1.807, 2.05) is 5.32 Å². The number of aliphatic carboxylic acids is 3. The fourth-order valence-electron chi connectivity index (χ4n) is 2.58. The summed E-state index contributed by atoms with van der Waals surface area (Å²) < 4.78 is 0. The van der Waals surface area contributed by atoms with Crippen molar-refractivity contribution in [1.29, 1.82) is 0 Å². The van der Waals surface area contributed by atoms with E-state index in [-0.39, 0.29) is 24.7 Å². The number of hydrogen-bond acceptors (Lipinski definition) is 9. The molecule has 35 heavy (non-hydrogen) atoms. The predicted octanol–water partition coefficient (Wildman–Crippen LogP) is -3.82. The third-order valence-electron chi connectivity index (χ3n) is 4.39. The lowest BCUT2D eigenvalue weighted by Gasteiger charge is -2.24. The van der Waals surface area contributed by atoms with Crippen molar-refractivity contribution >= 4 is 54.2 Å². The van der Waals surface area contributed by atoms with Crippen molar-refractivity contribution in [1.82, 2.24) is 16.0 Å². The van der Waals surface area contributed by atoms with Gasteiger partial charge < -0.3 is 48.5 Å². The Morgan fingerprint density at radius 2 is 1.34 bits per heavy atom. The Bertz CT molecular complexity index is 820. The zero-order valence-electron chi connectivity index (χ0n) is 18.7. The van der Waals surface area contributed by atoms with Gasteiger partial charge >= 0.3 is 17.9 Å². The van der Waals surface area contributed by atoms with E-state index in [0.29, 0.717) is 6.42 Å². The molecular weight excluding hydrogens is 490 g/mol. The fraction of sp³-hybridized carbons (Fsp3) is 0.611. The van der Waals surface area contributed by atoms with Crippen molar-refractivity contribution in [3.05, 3.63) is 0 Å². The molecule has 0 saturated carbocycles. The van der Waals surface area contributed by atoms with Gasteiger partial charge in [-0.25, -0.2) is 4.79 Å². The van der Waals surface area contributed by atoms with Crippen molar-refractivity contribution in [3.63, 3.8) is 0 Å². The van der Waals surface area contributed by atoms with E-state index in [4.69, 9.17) is 32.5 Å². The number of carboxylic acids is 3. The normalized spacial score (nSPS) is 13.9. The molecule has 0 aromatic rings. The highest BCUT2D eigenvalue weighted by Crippen LogP contribution is 2.04. The largest absolute Gasteiger partial charge is 0.481 e. The number of hydrogen-bond donors (Lipinski definition) is 10. The molecule has 0 bridgehead atoms. The molecule has 12 N–H and O–H groups in total. The first-order chi connectivity index (χ1) is 16.3. The Hall–Kier alpha value is -3.60.